The van der Waals surface area contributed by atoms with Crippen LogP contribution in [0.1, 0.15) is 49.4 Å². The molecule has 0 aliphatic heterocycles. The number of carbonyl (C=O) groups is 1. The van der Waals surface area contributed by atoms with Crippen LogP contribution in [-0.2, 0) is 4.74 Å². The molecular formula is C22H26F2O4. The van der Waals surface area contributed by atoms with Crippen molar-refractivity contribution >= 4 is 5.97 Å². The van der Waals surface area contributed by atoms with E-state index in [0.29, 0.717) is 18.6 Å². The van der Waals surface area contributed by atoms with Crippen molar-refractivity contribution in [2.45, 2.75) is 39.0 Å². The number of rotatable bonds is 12. The molecule has 28 heavy (non-hydrogen) atoms. The molecule has 2 rings (SSSR count). The zero-order chi connectivity index (χ0) is 20.4. The number of hydrogen-bond donors (Lipinski definition) is 1. The Hall–Kier alpha value is -2.47. The highest BCUT2D eigenvalue weighted by atomic mass is 19.2. The maximum atomic E-state index is 14.4. The van der Waals surface area contributed by atoms with E-state index in [2.05, 4.69) is 6.92 Å². The maximum absolute atomic E-state index is 14.4. The molecule has 0 saturated carbocycles. The topological polar surface area (TPSA) is 55.8 Å². The van der Waals surface area contributed by atoms with Crippen LogP contribution in [0, 0.1) is 11.6 Å². The van der Waals surface area contributed by atoms with E-state index in [1.807, 2.05) is 0 Å². The standard InChI is InChI=1S/C22H26F2O4/c1-2-3-4-13-27-14-5-6-15-28-19-12-11-18(20(23)21(19)24)16-7-9-17(10-8-16)22(25)26/h7-12H,2-6,13-15H2,1H3,(H,25,26). The number of halogens is 2. The molecule has 1 N–H and O–H groups in total. The van der Waals surface area contributed by atoms with Gasteiger partial charge in [0.1, 0.15) is 0 Å². The van der Waals surface area contributed by atoms with Gasteiger partial charge in [0.25, 0.3) is 0 Å². The third-order valence-corrected chi connectivity index (χ3v) is 4.32. The van der Waals surface area contributed by atoms with Gasteiger partial charge >= 0.3 is 5.97 Å². The Kier molecular flexibility index (Phi) is 8.88. The molecule has 0 aromatic heterocycles. The Balaban J connectivity index is 1.85. The number of carboxylic acids is 1. The van der Waals surface area contributed by atoms with Crippen molar-refractivity contribution < 1.29 is 28.2 Å². The van der Waals surface area contributed by atoms with E-state index >= 15 is 0 Å². The lowest BCUT2D eigenvalue weighted by Gasteiger charge is -2.11. The van der Waals surface area contributed by atoms with E-state index in [1.54, 1.807) is 0 Å². The van der Waals surface area contributed by atoms with E-state index in [9.17, 15) is 13.6 Å². The molecule has 0 atom stereocenters. The second-order valence-corrected chi connectivity index (χ2v) is 6.50. The third kappa shape index (κ3) is 6.30. The number of hydrogen-bond acceptors (Lipinski definition) is 3. The lowest BCUT2D eigenvalue weighted by molar-refractivity contribution is 0.0697. The van der Waals surface area contributed by atoms with Crippen molar-refractivity contribution in [3.63, 3.8) is 0 Å². The fourth-order valence-electron chi connectivity index (χ4n) is 2.70. The molecule has 0 heterocycles. The summed E-state index contributed by atoms with van der Waals surface area (Å²) >= 11 is 0. The van der Waals surface area contributed by atoms with Crippen molar-refractivity contribution in [3.8, 4) is 16.9 Å². The summed E-state index contributed by atoms with van der Waals surface area (Å²) in [7, 11) is 0. The maximum Gasteiger partial charge on any atom is 0.335 e. The van der Waals surface area contributed by atoms with Crippen molar-refractivity contribution in [1.82, 2.24) is 0 Å². The predicted octanol–water partition coefficient (Wildman–Crippen LogP) is 5.70. The smallest absolute Gasteiger partial charge is 0.335 e. The first-order valence-electron chi connectivity index (χ1n) is 9.57. The highest BCUT2D eigenvalue weighted by Gasteiger charge is 2.16. The molecule has 0 unspecified atom stereocenters. The molecular weight excluding hydrogens is 366 g/mol. The van der Waals surface area contributed by atoms with Gasteiger partial charge in [-0.2, -0.15) is 4.39 Å². The Morgan fingerprint density at radius 2 is 1.54 bits per heavy atom. The van der Waals surface area contributed by atoms with Crippen LogP contribution in [0.4, 0.5) is 8.78 Å². The predicted molar refractivity (Wildman–Crippen MR) is 104 cm³/mol. The Bertz CT molecular complexity index is 760. The van der Waals surface area contributed by atoms with Gasteiger partial charge in [-0.15, -0.1) is 0 Å². The molecule has 152 valence electrons. The highest BCUT2D eigenvalue weighted by Crippen LogP contribution is 2.30. The average Bonchev–Trinajstić information content (AvgIpc) is 2.70. The number of aromatic carboxylic acids is 1. The minimum absolute atomic E-state index is 0.0577. The molecule has 2 aromatic carbocycles. The molecule has 0 aliphatic carbocycles. The van der Waals surface area contributed by atoms with Crippen LogP contribution in [0.3, 0.4) is 0 Å². The van der Waals surface area contributed by atoms with Crippen molar-refractivity contribution in [1.29, 1.82) is 0 Å². The van der Waals surface area contributed by atoms with Crippen LogP contribution < -0.4 is 4.74 Å². The molecule has 6 heteroatoms. The second-order valence-electron chi connectivity index (χ2n) is 6.50. The fourth-order valence-corrected chi connectivity index (χ4v) is 2.70. The van der Waals surface area contributed by atoms with E-state index < -0.39 is 17.6 Å². The van der Waals surface area contributed by atoms with Crippen molar-refractivity contribution in [2.75, 3.05) is 19.8 Å². The van der Waals surface area contributed by atoms with Gasteiger partial charge in [0.2, 0.25) is 5.82 Å². The van der Waals surface area contributed by atoms with Crippen LogP contribution in [0.2, 0.25) is 0 Å². The van der Waals surface area contributed by atoms with E-state index in [0.717, 1.165) is 32.3 Å². The number of ether oxygens (including phenoxy) is 2. The van der Waals surface area contributed by atoms with Gasteiger partial charge < -0.3 is 14.6 Å². The van der Waals surface area contributed by atoms with Crippen molar-refractivity contribution in [2.24, 2.45) is 0 Å². The Morgan fingerprint density at radius 3 is 2.18 bits per heavy atom. The summed E-state index contributed by atoms with van der Waals surface area (Å²) in [4.78, 5) is 10.9. The van der Waals surface area contributed by atoms with Crippen molar-refractivity contribution in [3.05, 3.63) is 53.6 Å². The zero-order valence-electron chi connectivity index (χ0n) is 16.0. The van der Waals surface area contributed by atoms with Crippen LogP contribution in [0.25, 0.3) is 11.1 Å². The second kappa shape index (κ2) is 11.4. The van der Waals surface area contributed by atoms with Gasteiger partial charge in [-0.1, -0.05) is 31.9 Å². The lowest BCUT2D eigenvalue weighted by atomic mass is 10.0. The van der Waals surface area contributed by atoms with E-state index in [4.69, 9.17) is 14.6 Å². The summed E-state index contributed by atoms with van der Waals surface area (Å²) in [5.41, 5.74) is 0.536. The molecule has 0 amide bonds. The first kappa shape index (κ1) is 21.8. The van der Waals surface area contributed by atoms with Gasteiger partial charge in [-0.05, 0) is 49.1 Å². The van der Waals surface area contributed by atoms with Gasteiger partial charge in [0, 0.05) is 18.8 Å². The fraction of sp³-hybridized carbons (Fsp3) is 0.409. The first-order chi connectivity index (χ1) is 13.5. The number of benzene rings is 2. The summed E-state index contributed by atoms with van der Waals surface area (Å²) in [5, 5.41) is 8.91. The lowest BCUT2D eigenvalue weighted by Crippen LogP contribution is -2.04. The van der Waals surface area contributed by atoms with Crippen LogP contribution in [0.5, 0.6) is 5.75 Å². The molecule has 0 saturated heterocycles. The molecule has 0 spiro atoms. The van der Waals surface area contributed by atoms with Gasteiger partial charge in [-0.3, -0.25) is 0 Å². The quantitative estimate of drug-likeness (QED) is 0.471. The van der Waals surface area contributed by atoms with Crippen LogP contribution >= 0.6 is 0 Å². The Labute approximate surface area is 164 Å². The molecule has 0 bridgehead atoms. The average molecular weight is 392 g/mol. The monoisotopic (exact) mass is 392 g/mol. The van der Waals surface area contributed by atoms with Gasteiger partial charge in [0.15, 0.2) is 11.6 Å². The third-order valence-electron chi connectivity index (χ3n) is 4.32. The highest BCUT2D eigenvalue weighted by molar-refractivity contribution is 5.88. The number of unbranched alkanes of at least 4 members (excludes halogenated alkanes) is 3. The van der Waals surface area contributed by atoms with Gasteiger partial charge in [0.05, 0.1) is 12.2 Å². The number of carboxylic acid groups (broad SMARTS) is 1. The van der Waals surface area contributed by atoms with Gasteiger partial charge in [-0.25, -0.2) is 9.18 Å². The molecule has 0 fully saturated rings. The van der Waals surface area contributed by atoms with Crippen LogP contribution in [-0.4, -0.2) is 30.9 Å². The molecule has 2 aromatic rings. The van der Waals surface area contributed by atoms with Crippen LogP contribution in [0.15, 0.2) is 36.4 Å². The van der Waals surface area contributed by atoms with E-state index in [-0.39, 0.29) is 23.5 Å². The SMILES string of the molecule is CCCCCOCCCCOc1ccc(-c2ccc(C(=O)O)cc2)c(F)c1F. The molecule has 0 aliphatic rings. The molecule has 0 radical (unpaired) electrons. The summed E-state index contributed by atoms with van der Waals surface area (Å²) < 4.78 is 39.5. The Morgan fingerprint density at radius 1 is 0.893 bits per heavy atom. The summed E-state index contributed by atoms with van der Waals surface area (Å²) in [5.74, 6) is -3.27. The largest absolute Gasteiger partial charge is 0.490 e. The summed E-state index contributed by atoms with van der Waals surface area (Å²) in [6.07, 6.45) is 4.86. The zero-order valence-corrected chi connectivity index (χ0v) is 16.0. The minimum atomic E-state index is -1.08. The molecule has 4 nitrogen and oxygen atoms in total. The summed E-state index contributed by atoms with van der Waals surface area (Å²) in [6.45, 7) is 3.81. The van der Waals surface area contributed by atoms with E-state index in [1.165, 1.54) is 36.4 Å². The normalized spacial score (nSPS) is 10.8. The first-order valence-corrected chi connectivity index (χ1v) is 9.57. The minimum Gasteiger partial charge on any atom is -0.490 e. The summed E-state index contributed by atoms with van der Waals surface area (Å²) in [6, 6.07) is 8.42.